The lowest BCUT2D eigenvalue weighted by atomic mass is 9.77. The highest BCUT2D eigenvalue weighted by atomic mass is 16.5. The number of allylic oxidation sites excluding steroid dienone is 2. The molecule has 0 aromatic heterocycles. The third-order valence-electron chi connectivity index (χ3n) is 5.47. The predicted molar refractivity (Wildman–Crippen MR) is 82.3 cm³/mol. The highest BCUT2D eigenvalue weighted by molar-refractivity contribution is 4.89. The van der Waals surface area contributed by atoms with Crippen molar-refractivity contribution < 1.29 is 4.74 Å². The lowest BCUT2D eigenvalue weighted by Crippen LogP contribution is -2.21. The van der Waals surface area contributed by atoms with Crippen LogP contribution in [0.2, 0.25) is 0 Å². The molecule has 0 aliphatic heterocycles. The van der Waals surface area contributed by atoms with Crippen LogP contribution in [0.25, 0.3) is 0 Å². The monoisotopic (exact) mass is 264 g/mol. The third kappa shape index (κ3) is 4.95. The quantitative estimate of drug-likeness (QED) is 0.608. The first-order valence-corrected chi connectivity index (χ1v) is 8.47. The van der Waals surface area contributed by atoms with E-state index in [0.717, 1.165) is 17.8 Å². The highest BCUT2D eigenvalue weighted by Gasteiger charge is 2.23. The van der Waals surface area contributed by atoms with E-state index < -0.39 is 0 Å². The zero-order chi connectivity index (χ0) is 13.5. The van der Waals surface area contributed by atoms with Crippen LogP contribution >= 0.6 is 0 Å². The van der Waals surface area contributed by atoms with Crippen molar-refractivity contribution >= 4 is 0 Å². The van der Waals surface area contributed by atoms with Crippen molar-refractivity contribution in [1.82, 2.24) is 0 Å². The normalized spacial score (nSPS) is 36.7. The number of ether oxygens (including phenoxy) is 1. The Hall–Kier alpha value is -0.300. The standard InChI is InChI=1S/C18H32O/c1-3-4-15-5-7-16(8-6-15)9-10-17-11-13-18(19-2)14-12-17/h3-4,15-18H,5-14H2,1-2H3/b4-3+. The van der Waals surface area contributed by atoms with Crippen LogP contribution in [0.5, 0.6) is 0 Å². The molecule has 0 bridgehead atoms. The first kappa shape index (κ1) is 15.1. The Bertz CT molecular complexity index is 255. The molecule has 2 fully saturated rings. The molecular formula is C18H32O. The topological polar surface area (TPSA) is 9.23 Å². The minimum Gasteiger partial charge on any atom is -0.381 e. The molecule has 1 heteroatoms. The molecule has 19 heavy (non-hydrogen) atoms. The summed E-state index contributed by atoms with van der Waals surface area (Å²) in [4.78, 5) is 0. The van der Waals surface area contributed by atoms with Gasteiger partial charge in [-0.15, -0.1) is 0 Å². The first-order chi connectivity index (χ1) is 9.31. The Balaban J connectivity index is 1.59. The molecule has 2 aliphatic carbocycles. The van der Waals surface area contributed by atoms with Gasteiger partial charge in [0.25, 0.3) is 0 Å². The van der Waals surface area contributed by atoms with Gasteiger partial charge >= 0.3 is 0 Å². The largest absolute Gasteiger partial charge is 0.381 e. The van der Waals surface area contributed by atoms with E-state index in [1.54, 1.807) is 0 Å². The summed E-state index contributed by atoms with van der Waals surface area (Å²) in [5.41, 5.74) is 0. The van der Waals surface area contributed by atoms with Gasteiger partial charge in [-0.05, 0) is 76.0 Å². The van der Waals surface area contributed by atoms with Crippen LogP contribution in [0.3, 0.4) is 0 Å². The second kappa shape index (κ2) is 8.09. The van der Waals surface area contributed by atoms with Crippen molar-refractivity contribution in [3.05, 3.63) is 12.2 Å². The summed E-state index contributed by atoms with van der Waals surface area (Å²) >= 11 is 0. The summed E-state index contributed by atoms with van der Waals surface area (Å²) in [7, 11) is 1.87. The minimum absolute atomic E-state index is 0.563. The van der Waals surface area contributed by atoms with Crippen molar-refractivity contribution in [3.63, 3.8) is 0 Å². The molecule has 0 saturated heterocycles. The van der Waals surface area contributed by atoms with Crippen molar-refractivity contribution in [1.29, 1.82) is 0 Å². The van der Waals surface area contributed by atoms with Gasteiger partial charge in [0.05, 0.1) is 6.10 Å². The van der Waals surface area contributed by atoms with Gasteiger partial charge in [0.1, 0.15) is 0 Å². The summed E-state index contributed by atoms with van der Waals surface area (Å²) in [6.07, 6.45) is 19.4. The zero-order valence-corrected chi connectivity index (χ0v) is 12.9. The molecule has 0 unspecified atom stereocenters. The van der Waals surface area contributed by atoms with Crippen LogP contribution < -0.4 is 0 Å². The average molecular weight is 264 g/mol. The summed E-state index contributed by atoms with van der Waals surface area (Å²) in [6.45, 7) is 2.16. The Morgan fingerprint density at radius 3 is 1.84 bits per heavy atom. The third-order valence-corrected chi connectivity index (χ3v) is 5.47. The minimum atomic E-state index is 0.563. The summed E-state index contributed by atoms with van der Waals surface area (Å²) in [6, 6.07) is 0. The van der Waals surface area contributed by atoms with Crippen molar-refractivity contribution in [2.24, 2.45) is 17.8 Å². The maximum absolute atomic E-state index is 5.46. The van der Waals surface area contributed by atoms with Crippen LogP contribution in [0.4, 0.5) is 0 Å². The molecule has 2 rings (SSSR count). The lowest BCUT2D eigenvalue weighted by molar-refractivity contribution is 0.0541. The maximum Gasteiger partial charge on any atom is 0.0571 e. The van der Waals surface area contributed by atoms with Gasteiger partial charge < -0.3 is 4.74 Å². The number of rotatable bonds is 5. The molecule has 1 nitrogen and oxygen atoms in total. The van der Waals surface area contributed by atoms with E-state index in [9.17, 15) is 0 Å². The zero-order valence-electron chi connectivity index (χ0n) is 12.9. The Morgan fingerprint density at radius 2 is 1.37 bits per heavy atom. The van der Waals surface area contributed by atoms with Crippen LogP contribution in [0.1, 0.15) is 71.1 Å². The van der Waals surface area contributed by atoms with E-state index >= 15 is 0 Å². The molecule has 0 radical (unpaired) electrons. The van der Waals surface area contributed by atoms with Gasteiger partial charge in [0.2, 0.25) is 0 Å². The van der Waals surface area contributed by atoms with Gasteiger partial charge in [-0.1, -0.05) is 25.0 Å². The van der Waals surface area contributed by atoms with Gasteiger partial charge in [-0.3, -0.25) is 0 Å². The van der Waals surface area contributed by atoms with Crippen molar-refractivity contribution in [3.8, 4) is 0 Å². The fraction of sp³-hybridized carbons (Fsp3) is 0.889. The first-order valence-electron chi connectivity index (χ1n) is 8.47. The number of hydrogen-bond donors (Lipinski definition) is 0. The summed E-state index contributed by atoms with van der Waals surface area (Å²) < 4.78 is 5.46. The number of hydrogen-bond acceptors (Lipinski definition) is 1. The molecule has 0 spiro atoms. The molecule has 0 N–H and O–H groups in total. The van der Waals surface area contributed by atoms with Crippen LogP contribution in [-0.4, -0.2) is 13.2 Å². The molecule has 0 aromatic carbocycles. The molecule has 0 atom stereocenters. The molecule has 0 heterocycles. The van der Waals surface area contributed by atoms with Gasteiger partial charge in [0.15, 0.2) is 0 Å². The summed E-state index contributed by atoms with van der Waals surface area (Å²) in [5, 5.41) is 0. The van der Waals surface area contributed by atoms with E-state index in [0.29, 0.717) is 6.10 Å². The van der Waals surface area contributed by atoms with Crippen LogP contribution in [0, 0.1) is 17.8 Å². The Morgan fingerprint density at radius 1 is 0.842 bits per heavy atom. The smallest absolute Gasteiger partial charge is 0.0571 e. The average Bonchev–Trinajstić information content (AvgIpc) is 2.47. The van der Waals surface area contributed by atoms with Crippen LogP contribution in [-0.2, 0) is 4.74 Å². The van der Waals surface area contributed by atoms with Crippen molar-refractivity contribution in [2.45, 2.75) is 77.2 Å². The Labute approximate surface area is 119 Å². The number of methoxy groups -OCH3 is 1. The molecule has 0 aromatic rings. The maximum atomic E-state index is 5.46. The van der Waals surface area contributed by atoms with E-state index in [1.165, 1.54) is 64.2 Å². The second-order valence-corrected chi connectivity index (χ2v) is 6.76. The molecule has 110 valence electrons. The van der Waals surface area contributed by atoms with E-state index in [-0.39, 0.29) is 0 Å². The van der Waals surface area contributed by atoms with Gasteiger partial charge in [-0.25, -0.2) is 0 Å². The lowest BCUT2D eigenvalue weighted by Gasteiger charge is -2.31. The predicted octanol–water partition coefficient (Wildman–Crippen LogP) is 5.35. The Kier molecular flexibility index (Phi) is 6.43. The molecule has 2 aliphatic rings. The fourth-order valence-corrected chi connectivity index (χ4v) is 4.07. The summed E-state index contributed by atoms with van der Waals surface area (Å²) in [5.74, 6) is 2.92. The molecule has 2 saturated carbocycles. The van der Waals surface area contributed by atoms with Crippen LogP contribution in [0.15, 0.2) is 12.2 Å². The SMILES string of the molecule is C/C=C/C1CCC(CCC2CCC(OC)CC2)CC1. The molecular weight excluding hydrogens is 232 g/mol. The van der Waals surface area contributed by atoms with E-state index in [4.69, 9.17) is 4.74 Å². The van der Waals surface area contributed by atoms with Gasteiger partial charge in [0, 0.05) is 7.11 Å². The van der Waals surface area contributed by atoms with E-state index in [2.05, 4.69) is 19.1 Å². The second-order valence-electron chi connectivity index (χ2n) is 6.76. The molecule has 0 amide bonds. The fourth-order valence-electron chi connectivity index (χ4n) is 4.07. The highest BCUT2D eigenvalue weighted by Crippen LogP contribution is 2.35. The van der Waals surface area contributed by atoms with Gasteiger partial charge in [-0.2, -0.15) is 0 Å². The van der Waals surface area contributed by atoms with Crippen molar-refractivity contribution in [2.75, 3.05) is 7.11 Å². The van der Waals surface area contributed by atoms with E-state index in [1.807, 2.05) is 7.11 Å².